The third-order valence-corrected chi connectivity index (χ3v) is 4.41. The number of hydrogen-bond acceptors (Lipinski definition) is 1. The highest BCUT2D eigenvalue weighted by atomic mass is 35.5. The van der Waals surface area contributed by atoms with Crippen LogP contribution in [0.3, 0.4) is 0 Å². The molecule has 23 heavy (non-hydrogen) atoms. The van der Waals surface area contributed by atoms with Gasteiger partial charge in [0.2, 0.25) is 0 Å². The number of rotatable bonds is 2. The Morgan fingerprint density at radius 2 is 1.09 bits per heavy atom. The number of benzene rings is 4. The summed E-state index contributed by atoms with van der Waals surface area (Å²) in [6, 6.07) is 26.4. The zero-order valence-corrected chi connectivity index (χ0v) is 13.2. The van der Waals surface area contributed by atoms with Gasteiger partial charge in [0.25, 0.3) is 0 Å². The van der Waals surface area contributed by atoms with E-state index in [0.29, 0.717) is 0 Å². The van der Waals surface area contributed by atoms with Crippen molar-refractivity contribution in [2.75, 3.05) is 0 Å². The first-order valence-corrected chi connectivity index (χ1v) is 7.90. The third kappa shape index (κ3) is 2.49. The summed E-state index contributed by atoms with van der Waals surface area (Å²) in [5, 5.41) is 5.16. The molecule has 2 heteroatoms. The molecule has 0 radical (unpaired) electrons. The zero-order valence-electron chi connectivity index (χ0n) is 12.4. The summed E-state index contributed by atoms with van der Waals surface area (Å²) < 4.78 is 0. The van der Waals surface area contributed by atoms with Crippen LogP contribution in [0.2, 0.25) is 5.02 Å². The molecule has 1 nitrogen and oxygen atoms in total. The van der Waals surface area contributed by atoms with E-state index in [1.807, 2.05) is 60.8 Å². The Morgan fingerprint density at radius 1 is 0.609 bits per heavy atom. The molecule has 4 rings (SSSR count). The van der Waals surface area contributed by atoms with Gasteiger partial charge in [-0.1, -0.05) is 78.3 Å². The Kier molecular flexibility index (Phi) is 3.57. The molecule has 0 aliphatic carbocycles. The highest BCUT2D eigenvalue weighted by molar-refractivity contribution is 6.42. The molecule has 0 unspecified atom stereocenters. The van der Waals surface area contributed by atoms with E-state index in [4.69, 9.17) is 11.6 Å². The molecule has 0 saturated heterocycles. The molecule has 4 aromatic carbocycles. The van der Waals surface area contributed by atoms with Crippen LogP contribution in [0.5, 0.6) is 0 Å². The first kappa shape index (κ1) is 14.0. The van der Waals surface area contributed by atoms with Crippen LogP contribution < -0.4 is 0 Å². The first-order chi connectivity index (χ1) is 11.3. The molecule has 4 aromatic rings. The lowest BCUT2D eigenvalue weighted by molar-refractivity contribution is 1.54. The SMILES string of the molecule is Clc1c2ccccc2c(C=Nc2ccccc2)c2ccccc12. The predicted molar refractivity (Wildman–Crippen MR) is 100 cm³/mol. The molecule has 0 heterocycles. The molecule has 110 valence electrons. The van der Waals surface area contributed by atoms with Gasteiger partial charge in [-0.3, -0.25) is 4.99 Å². The molecule has 0 N–H and O–H groups in total. The fourth-order valence-electron chi connectivity index (χ4n) is 2.90. The average Bonchev–Trinajstić information content (AvgIpc) is 2.63. The summed E-state index contributed by atoms with van der Waals surface area (Å²) >= 11 is 6.62. The second-order valence-corrected chi connectivity index (χ2v) is 5.79. The van der Waals surface area contributed by atoms with Crippen molar-refractivity contribution >= 4 is 45.0 Å². The van der Waals surface area contributed by atoms with E-state index < -0.39 is 0 Å². The molecule has 0 atom stereocenters. The van der Waals surface area contributed by atoms with Crippen LogP contribution in [0.1, 0.15) is 5.56 Å². The molecular weight excluding hydrogens is 302 g/mol. The van der Waals surface area contributed by atoms with Gasteiger partial charge in [0, 0.05) is 22.6 Å². The van der Waals surface area contributed by atoms with Gasteiger partial charge in [-0.2, -0.15) is 0 Å². The molecular formula is C21H14ClN. The lowest BCUT2D eigenvalue weighted by atomic mass is 9.97. The number of nitrogens with zero attached hydrogens (tertiary/aromatic N) is 1. The second kappa shape index (κ2) is 5.86. The molecule has 0 fully saturated rings. The summed E-state index contributed by atoms with van der Waals surface area (Å²) in [6.45, 7) is 0. The first-order valence-electron chi connectivity index (χ1n) is 7.52. The number of aliphatic imine (C=N–C) groups is 1. The molecule has 0 spiro atoms. The summed E-state index contributed by atoms with van der Waals surface area (Å²) in [5.41, 5.74) is 2.04. The number of halogens is 1. The van der Waals surface area contributed by atoms with Crippen molar-refractivity contribution in [3.8, 4) is 0 Å². The summed E-state index contributed by atoms with van der Waals surface area (Å²) in [5.74, 6) is 0. The zero-order chi connectivity index (χ0) is 15.6. The van der Waals surface area contributed by atoms with Crippen molar-refractivity contribution in [3.05, 3.63) is 89.4 Å². The largest absolute Gasteiger partial charge is 0.256 e. The van der Waals surface area contributed by atoms with Gasteiger partial charge in [0.15, 0.2) is 0 Å². The fraction of sp³-hybridized carbons (Fsp3) is 0. The van der Waals surface area contributed by atoms with E-state index in [-0.39, 0.29) is 0 Å². The smallest absolute Gasteiger partial charge is 0.0629 e. The third-order valence-electron chi connectivity index (χ3n) is 4.01. The Bertz CT molecular complexity index is 963. The molecule has 0 aromatic heterocycles. The van der Waals surface area contributed by atoms with Gasteiger partial charge in [-0.05, 0) is 22.9 Å². The standard InChI is InChI=1S/C21H14ClN/c22-21-18-12-6-4-10-16(18)20(17-11-5-7-13-19(17)21)14-23-15-8-2-1-3-9-15/h1-14H. The van der Waals surface area contributed by atoms with Gasteiger partial charge in [0.1, 0.15) is 0 Å². The highest BCUT2D eigenvalue weighted by Crippen LogP contribution is 2.35. The van der Waals surface area contributed by atoms with Crippen LogP contribution in [0, 0.1) is 0 Å². The molecule has 0 saturated carbocycles. The monoisotopic (exact) mass is 315 g/mol. The van der Waals surface area contributed by atoms with Gasteiger partial charge in [-0.15, -0.1) is 0 Å². The second-order valence-electron chi connectivity index (χ2n) is 5.41. The number of hydrogen-bond donors (Lipinski definition) is 0. The summed E-state index contributed by atoms with van der Waals surface area (Å²) in [6.07, 6.45) is 1.94. The minimum Gasteiger partial charge on any atom is -0.256 e. The molecule has 0 amide bonds. The van der Waals surface area contributed by atoms with E-state index in [9.17, 15) is 0 Å². The Hall–Kier alpha value is -2.64. The average molecular weight is 316 g/mol. The molecule has 0 bridgehead atoms. The quantitative estimate of drug-likeness (QED) is 0.300. The van der Waals surface area contributed by atoms with Gasteiger partial charge >= 0.3 is 0 Å². The lowest BCUT2D eigenvalue weighted by Crippen LogP contribution is -1.89. The maximum Gasteiger partial charge on any atom is 0.0629 e. The van der Waals surface area contributed by atoms with Crippen LogP contribution in [0.4, 0.5) is 5.69 Å². The fourth-order valence-corrected chi connectivity index (χ4v) is 3.23. The Balaban J connectivity index is 2.03. The predicted octanol–water partition coefficient (Wildman–Crippen LogP) is 6.40. The van der Waals surface area contributed by atoms with Gasteiger partial charge in [-0.25, -0.2) is 0 Å². The topological polar surface area (TPSA) is 12.4 Å². The molecule has 0 aliphatic rings. The van der Waals surface area contributed by atoms with Gasteiger partial charge in [0.05, 0.1) is 10.7 Å². The maximum absolute atomic E-state index is 6.62. The summed E-state index contributed by atoms with van der Waals surface area (Å²) in [4.78, 5) is 4.64. The lowest BCUT2D eigenvalue weighted by Gasteiger charge is -2.10. The van der Waals surface area contributed by atoms with E-state index in [2.05, 4.69) is 29.3 Å². The van der Waals surface area contributed by atoms with E-state index in [0.717, 1.165) is 37.8 Å². The van der Waals surface area contributed by atoms with Crippen LogP contribution in [0.25, 0.3) is 21.5 Å². The van der Waals surface area contributed by atoms with Crippen molar-refractivity contribution in [3.63, 3.8) is 0 Å². The minimum absolute atomic E-state index is 0.799. The Morgan fingerprint density at radius 3 is 1.65 bits per heavy atom. The summed E-state index contributed by atoms with van der Waals surface area (Å²) in [7, 11) is 0. The Labute approximate surface area is 139 Å². The van der Waals surface area contributed by atoms with Crippen LogP contribution in [0.15, 0.2) is 83.9 Å². The van der Waals surface area contributed by atoms with Crippen molar-refractivity contribution in [2.45, 2.75) is 0 Å². The molecule has 0 aliphatic heterocycles. The van der Waals surface area contributed by atoms with Crippen LogP contribution in [-0.2, 0) is 0 Å². The van der Waals surface area contributed by atoms with Crippen molar-refractivity contribution in [1.29, 1.82) is 0 Å². The minimum atomic E-state index is 0.799. The van der Waals surface area contributed by atoms with Crippen LogP contribution >= 0.6 is 11.6 Å². The van der Waals surface area contributed by atoms with Crippen molar-refractivity contribution in [2.24, 2.45) is 4.99 Å². The number of para-hydroxylation sites is 1. The van der Waals surface area contributed by atoms with Crippen molar-refractivity contribution in [1.82, 2.24) is 0 Å². The highest BCUT2D eigenvalue weighted by Gasteiger charge is 2.10. The van der Waals surface area contributed by atoms with Gasteiger partial charge < -0.3 is 0 Å². The van der Waals surface area contributed by atoms with E-state index >= 15 is 0 Å². The normalized spacial score (nSPS) is 11.5. The van der Waals surface area contributed by atoms with E-state index in [1.165, 1.54) is 0 Å². The van der Waals surface area contributed by atoms with Crippen LogP contribution in [-0.4, -0.2) is 6.21 Å². The number of fused-ring (bicyclic) bond motifs is 2. The van der Waals surface area contributed by atoms with Crippen molar-refractivity contribution < 1.29 is 0 Å². The van der Waals surface area contributed by atoms with E-state index in [1.54, 1.807) is 0 Å². The maximum atomic E-state index is 6.62.